The van der Waals surface area contributed by atoms with Crippen LogP contribution in [-0.4, -0.2) is 4.98 Å². The second-order valence-corrected chi connectivity index (χ2v) is 4.13. The van der Waals surface area contributed by atoms with Gasteiger partial charge in [0.05, 0.1) is 0 Å². The third-order valence-corrected chi connectivity index (χ3v) is 2.70. The highest BCUT2D eigenvalue weighted by molar-refractivity contribution is 6.30. The third-order valence-electron chi connectivity index (χ3n) is 2.45. The Bertz CT molecular complexity index is 497. The molecule has 0 aliphatic rings. The number of halogens is 2. The van der Waals surface area contributed by atoms with Gasteiger partial charge in [0.15, 0.2) is 0 Å². The first-order chi connectivity index (χ1) is 8.25. The molecule has 0 bridgehead atoms. The van der Waals surface area contributed by atoms with E-state index >= 15 is 0 Å². The van der Waals surface area contributed by atoms with Crippen LogP contribution in [0.5, 0.6) is 0 Å². The number of pyridine rings is 1. The zero-order valence-electron chi connectivity index (χ0n) is 9.74. The Morgan fingerprint density at radius 3 is 2.33 bits per heavy atom. The van der Waals surface area contributed by atoms with Gasteiger partial charge in [-0.15, -0.1) is 0 Å². The van der Waals surface area contributed by atoms with Crippen molar-refractivity contribution in [3.05, 3.63) is 71.5 Å². The van der Waals surface area contributed by atoms with Crippen LogP contribution in [0.25, 0.3) is 5.70 Å². The number of rotatable bonds is 4. The van der Waals surface area contributed by atoms with Gasteiger partial charge in [-0.3, -0.25) is 4.98 Å². The molecule has 0 fully saturated rings. The summed E-state index contributed by atoms with van der Waals surface area (Å²) in [5.41, 5.74) is 3.11. The summed E-state index contributed by atoms with van der Waals surface area (Å²) < 4.78 is 0. The summed E-state index contributed by atoms with van der Waals surface area (Å²) >= 11 is 5.83. The molecule has 0 saturated heterocycles. The lowest BCUT2D eigenvalue weighted by atomic mass is 10.1. The molecule has 1 heterocycles. The van der Waals surface area contributed by atoms with Crippen LogP contribution in [0, 0.1) is 0 Å². The first-order valence-corrected chi connectivity index (χ1v) is 5.71. The van der Waals surface area contributed by atoms with Gasteiger partial charge in [-0.25, -0.2) is 0 Å². The molecule has 2 aromatic rings. The van der Waals surface area contributed by atoms with Gasteiger partial charge in [-0.2, -0.15) is 0 Å². The quantitative estimate of drug-likeness (QED) is 0.792. The van der Waals surface area contributed by atoms with Crippen LogP contribution < -0.4 is 29.3 Å². The van der Waals surface area contributed by atoms with Crippen molar-refractivity contribution < 1.29 is 24.0 Å². The number of hydrogen-bond acceptors (Lipinski definition) is 2. The van der Waals surface area contributed by atoms with Gasteiger partial charge in [-0.05, 0) is 35.4 Å². The number of nitrogens with zero attached hydrogens (tertiary/aromatic N) is 1. The Morgan fingerprint density at radius 1 is 1.11 bits per heavy atom. The molecule has 0 unspecified atom stereocenters. The van der Waals surface area contributed by atoms with Crippen molar-refractivity contribution in [3.63, 3.8) is 0 Å². The summed E-state index contributed by atoms with van der Waals surface area (Å²) in [4.78, 5) is 3.98. The smallest absolute Gasteiger partial charge is 0.0406 e. The number of nitrogens with one attached hydrogen (secondary N) is 1. The molecular weight excluding hydrogens is 359 g/mol. The zero-order valence-corrected chi connectivity index (χ0v) is 12.6. The lowest BCUT2D eigenvalue weighted by Gasteiger charge is -2.09. The highest BCUT2D eigenvalue weighted by Crippen LogP contribution is 2.14. The molecule has 1 N–H and O–H groups in total. The van der Waals surface area contributed by atoms with Gasteiger partial charge < -0.3 is 29.3 Å². The topological polar surface area (TPSA) is 24.9 Å². The first-order valence-electron chi connectivity index (χ1n) is 5.33. The van der Waals surface area contributed by atoms with Crippen molar-refractivity contribution in [1.82, 2.24) is 10.3 Å². The van der Waals surface area contributed by atoms with Gasteiger partial charge >= 0.3 is 0 Å². The van der Waals surface area contributed by atoms with Crippen LogP contribution in [0.3, 0.4) is 0 Å². The second kappa shape index (κ2) is 7.38. The maximum Gasteiger partial charge on any atom is 0.0406 e. The van der Waals surface area contributed by atoms with Crippen molar-refractivity contribution in [3.8, 4) is 0 Å². The molecule has 1 aromatic carbocycles. The average Bonchev–Trinajstić information content (AvgIpc) is 2.38. The van der Waals surface area contributed by atoms with E-state index < -0.39 is 0 Å². The standard InChI is InChI=1S/C14H13ClN2.HI/c1-11(13-2-4-14(15)5-3-13)17-10-12-6-8-16-9-7-12;/h2-9,17H,1,10H2;1H/p-1. The lowest BCUT2D eigenvalue weighted by molar-refractivity contribution is -0.00000341. The minimum Gasteiger partial charge on any atom is -1.00 e. The van der Waals surface area contributed by atoms with Gasteiger partial charge in [0.2, 0.25) is 0 Å². The molecule has 0 aliphatic heterocycles. The van der Waals surface area contributed by atoms with Crippen LogP contribution in [0.2, 0.25) is 5.02 Å². The van der Waals surface area contributed by atoms with Crippen LogP contribution in [0.4, 0.5) is 0 Å². The zero-order chi connectivity index (χ0) is 12.1. The predicted octanol–water partition coefficient (Wildman–Crippen LogP) is 0.499. The molecular formula is C14H13ClIN2-. The van der Waals surface area contributed by atoms with Gasteiger partial charge in [-0.1, -0.05) is 30.3 Å². The second-order valence-electron chi connectivity index (χ2n) is 3.69. The molecule has 0 atom stereocenters. The van der Waals surface area contributed by atoms with Crippen LogP contribution in [0.15, 0.2) is 55.4 Å². The Morgan fingerprint density at radius 2 is 1.72 bits per heavy atom. The van der Waals surface area contributed by atoms with E-state index in [0.29, 0.717) is 0 Å². The summed E-state index contributed by atoms with van der Waals surface area (Å²) in [7, 11) is 0. The third kappa shape index (κ3) is 4.31. The molecule has 2 nitrogen and oxygen atoms in total. The van der Waals surface area contributed by atoms with E-state index in [9.17, 15) is 0 Å². The summed E-state index contributed by atoms with van der Waals surface area (Å²) in [6.07, 6.45) is 3.56. The number of aromatic nitrogens is 1. The van der Waals surface area contributed by atoms with Gasteiger partial charge in [0, 0.05) is 29.7 Å². The van der Waals surface area contributed by atoms with Gasteiger partial charge in [0.1, 0.15) is 0 Å². The summed E-state index contributed by atoms with van der Waals surface area (Å²) in [5, 5.41) is 4.00. The van der Waals surface area contributed by atoms with Crippen molar-refractivity contribution >= 4 is 17.3 Å². The summed E-state index contributed by atoms with van der Waals surface area (Å²) in [6.45, 7) is 4.74. The van der Waals surface area contributed by atoms with E-state index in [1.165, 1.54) is 5.56 Å². The minimum atomic E-state index is 0. The largest absolute Gasteiger partial charge is 1.00 e. The van der Waals surface area contributed by atoms with Crippen LogP contribution >= 0.6 is 11.6 Å². The van der Waals surface area contributed by atoms with Crippen molar-refractivity contribution in [2.75, 3.05) is 0 Å². The Kier molecular flexibility index (Phi) is 6.15. The summed E-state index contributed by atoms with van der Waals surface area (Å²) in [5.74, 6) is 0. The molecule has 0 amide bonds. The fourth-order valence-corrected chi connectivity index (χ4v) is 1.59. The maximum atomic E-state index is 5.83. The molecule has 1 aromatic heterocycles. The molecule has 0 saturated carbocycles. The van der Waals surface area contributed by atoms with E-state index in [1.807, 2.05) is 36.4 Å². The highest BCUT2D eigenvalue weighted by atomic mass is 127. The number of hydrogen-bond donors (Lipinski definition) is 1. The average molecular weight is 372 g/mol. The Hall–Kier alpha value is -1.07. The number of benzene rings is 1. The maximum absolute atomic E-state index is 5.83. The van der Waals surface area contributed by atoms with Crippen LogP contribution in [0.1, 0.15) is 11.1 Å². The Labute approximate surface area is 129 Å². The first kappa shape index (κ1) is 15.0. The van der Waals surface area contributed by atoms with Crippen molar-refractivity contribution in [2.24, 2.45) is 0 Å². The van der Waals surface area contributed by atoms with E-state index in [4.69, 9.17) is 11.6 Å². The fraction of sp³-hybridized carbons (Fsp3) is 0.0714. The summed E-state index contributed by atoms with van der Waals surface area (Å²) in [6, 6.07) is 11.6. The SMILES string of the molecule is C=C(NCc1ccncc1)c1ccc(Cl)cc1.[I-]. The van der Waals surface area contributed by atoms with E-state index in [2.05, 4.69) is 16.9 Å². The molecule has 18 heavy (non-hydrogen) atoms. The van der Waals surface area contributed by atoms with Crippen molar-refractivity contribution in [1.29, 1.82) is 0 Å². The molecule has 0 aliphatic carbocycles. The van der Waals surface area contributed by atoms with Gasteiger partial charge in [0.25, 0.3) is 0 Å². The van der Waals surface area contributed by atoms with E-state index in [0.717, 1.165) is 22.8 Å². The molecule has 0 radical (unpaired) electrons. The minimum absolute atomic E-state index is 0. The molecule has 0 spiro atoms. The van der Waals surface area contributed by atoms with E-state index in [-0.39, 0.29) is 24.0 Å². The van der Waals surface area contributed by atoms with E-state index in [1.54, 1.807) is 12.4 Å². The van der Waals surface area contributed by atoms with Crippen LogP contribution in [-0.2, 0) is 6.54 Å². The molecule has 4 heteroatoms. The highest BCUT2D eigenvalue weighted by Gasteiger charge is 1.98. The predicted molar refractivity (Wildman–Crippen MR) is 71.6 cm³/mol. The monoisotopic (exact) mass is 371 g/mol. The molecule has 94 valence electrons. The van der Waals surface area contributed by atoms with Crippen molar-refractivity contribution in [2.45, 2.75) is 6.54 Å². The lowest BCUT2D eigenvalue weighted by Crippen LogP contribution is -3.00. The molecule has 2 rings (SSSR count). The fourth-order valence-electron chi connectivity index (χ4n) is 1.46. The normalized spacial score (nSPS) is 9.39. The Balaban J connectivity index is 0.00000162.